The van der Waals surface area contributed by atoms with Gasteiger partial charge in [-0.25, -0.2) is 0 Å². The van der Waals surface area contributed by atoms with Crippen LogP contribution in [0.25, 0.3) is 0 Å². The van der Waals surface area contributed by atoms with Crippen LogP contribution in [0.15, 0.2) is 25.3 Å². The lowest BCUT2D eigenvalue weighted by molar-refractivity contribution is 0.242. The van der Waals surface area contributed by atoms with Crippen LogP contribution in [0.1, 0.15) is 12.8 Å². The minimum Gasteiger partial charge on any atom is -0.398 e. The Hall–Kier alpha value is -0.383. The van der Waals surface area contributed by atoms with Gasteiger partial charge in [-0.1, -0.05) is 12.2 Å². The molecule has 13 heavy (non-hydrogen) atoms. The molecule has 0 unspecified atom stereocenters. The molecule has 0 atom stereocenters. The summed E-state index contributed by atoms with van der Waals surface area (Å²) in [6, 6.07) is 1.97. The first-order chi connectivity index (χ1) is 6.24. The van der Waals surface area contributed by atoms with E-state index in [-0.39, 0.29) is 0 Å². The van der Waals surface area contributed by atoms with Gasteiger partial charge in [-0.15, -0.1) is 13.2 Å². The predicted octanol–water partition coefficient (Wildman–Crippen LogP) is 2.87. The molecule has 0 fully saturated rings. The molecule has 0 N–H and O–H groups in total. The van der Waals surface area contributed by atoms with Gasteiger partial charge in [-0.2, -0.15) is 0 Å². The van der Waals surface area contributed by atoms with E-state index < -0.39 is 8.56 Å². The average Bonchev–Trinajstić information content (AvgIpc) is 2.20. The van der Waals surface area contributed by atoms with Gasteiger partial charge in [-0.05, 0) is 24.9 Å². The highest BCUT2D eigenvalue weighted by Crippen LogP contribution is 2.21. The van der Waals surface area contributed by atoms with Crippen molar-refractivity contribution in [1.29, 1.82) is 0 Å². The molecule has 0 spiro atoms. The Morgan fingerprint density at radius 2 is 1.38 bits per heavy atom. The highest BCUT2D eigenvalue weighted by Gasteiger charge is 2.33. The van der Waals surface area contributed by atoms with E-state index in [1.165, 1.54) is 0 Å². The number of allylic oxidation sites excluding steroid dienone is 2. The number of rotatable bonds is 8. The Balaban J connectivity index is 4.11. The second-order valence-electron chi connectivity index (χ2n) is 2.97. The van der Waals surface area contributed by atoms with E-state index in [0.29, 0.717) is 0 Å². The molecule has 0 aliphatic rings. The number of hydrogen-bond acceptors (Lipinski definition) is 2. The Morgan fingerprint density at radius 1 is 1.00 bits per heavy atom. The predicted molar refractivity (Wildman–Crippen MR) is 59.0 cm³/mol. The highest BCUT2D eigenvalue weighted by molar-refractivity contribution is 6.67. The third kappa shape index (κ3) is 4.41. The molecule has 0 rings (SSSR count). The second-order valence-corrected chi connectivity index (χ2v) is 6.61. The van der Waals surface area contributed by atoms with E-state index in [2.05, 4.69) is 13.2 Å². The molecule has 0 amide bonds. The van der Waals surface area contributed by atoms with Crippen molar-refractivity contribution in [2.24, 2.45) is 0 Å². The van der Waals surface area contributed by atoms with Gasteiger partial charge in [0.05, 0.1) is 0 Å². The molecule has 0 aliphatic carbocycles. The molecule has 0 bridgehead atoms. The van der Waals surface area contributed by atoms with Crippen molar-refractivity contribution in [3.63, 3.8) is 0 Å². The van der Waals surface area contributed by atoms with Crippen molar-refractivity contribution >= 4 is 8.56 Å². The smallest absolute Gasteiger partial charge is 0.338 e. The first kappa shape index (κ1) is 12.6. The Labute approximate surface area is 82.5 Å². The fourth-order valence-electron chi connectivity index (χ4n) is 1.26. The van der Waals surface area contributed by atoms with Crippen LogP contribution >= 0.6 is 0 Å². The molecule has 2 nitrogen and oxygen atoms in total. The van der Waals surface area contributed by atoms with Gasteiger partial charge in [-0.3, -0.25) is 0 Å². The molecule has 0 heterocycles. The zero-order chi connectivity index (χ0) is 10.2. The zero-order valence-corrected chi connectivity index (χ0v) is 9.71. The van der Waals surface area contributed by atoms with Crippen molar-refractivity contribution in [3.05, 3.63) is 25.3 Å². The van der Waals surface area contributed by atoms with Crippen LogP contribution in [-0.4, -0.2) is 22.8 Å². The zero-order valence-electron chi connectivity index (χ0n) is 8.71. The van der Waals surface area contributed by atoms with Crippen LogP contribution in [0.4, 0.5) is 0 Å². The van der Waals surface area contributed by atoms with Crippen molar-refractivity contribution in [2.75, 3.05) is 14.2 Å². The normalized spacial score (nSPS) is 11.2. The molecular formula is C10H20O2Si. The summed E-state index contributed by atoms with van der Waals surface area (Å²) in [5.74, 6) is 0. The molecule has 3 heteroatoms. The van der Waals surface area contributed by atoms with Crippen molar-refractivity contribution in [1.82, 2.24) is 0 Å². The van der Waals surface area contributed by atoms with Crippen molar-refractivity contribution in [2.45, 2.75) is 24.9 Å². The lowest BCUT2D eigenvalue weighted by Crippen LogP contribution is -2.39. The maximum absolute atomic E-state index is 5.51. The van der Waals surface area contributed by atoms with Crippen LogP contribution < -0.4 is 0 Å². The second kappa shape index (κ2) is 7.06. The lowest BCUT2D eigenvalue weighted by atomic mass is 10.5. The van der Waals surface area contributed by atoms with E-state index >= 15 is 0 Å². The minimum absolute atomic E-state index is 0.963. The maximum Gasteiger partial charge on any atom is 0.338 e. The SMILES string of the molecule is C=CCC[Si](CCC=C)(OC)OC. The molecule has 0 radical (unpaired) electrons. The van der Waals surface area contributed by atoms with Gasteiger partial charge in [0, 0.05) is 14.2 Å². The summed E-state index contributed by atoms with van der Waals surface area (Å²) in [6.07, 6.45) is 5.75. The van der Waals surface area contributed by atoms with Gasteiger partial charge in [0.1, 0.15) is 0 Å². The standard InChI is InChI=1S/C10H20O2Si/c1-5-7-9-13(11-3,12-4)10-8-6-2/h5-6H,1-2,7-10H2,3-4H3. The molecule has 0 aromatic rings. The fourth-order valence-corrected chi connectivity index (χ4v) is 3.78. The molecule has 0 aliphatic heterocycles. The topological polar surface area (TPSA) is 18.5 Å². The number of hydrogen-bond donors (Lipinski definition) is 0. The molecule has 0 saturated heterocycles. The van der Waals surface area contributed by atoms with Crippen LogP contribution in [0.5, 0.6) is 0 Å². The minimum atomic E-state index is -1.93. The summed E-state index contributed by atoms with van der Waals surface area (Å²) in [5.41, 5.74) is 0. The van der Waals surface area contributed by atoms with Crippen LogP contribution in [0, 0.1) is 0 Å². The van der Waals surface area contributed by atoms with E-state index in [9.17, 15) is 0 Å². The summed E-state index contributed by atoms with van der Waals surface area (Å²) >= 11 is 0. The van der Waals surface area contributed by atoms with Crippen molar-refractivity contribution in [3.8, 4) is 0 Å². The quantitative estimate of drug-likeness (QED) is 0.443. The first-order valence-corrected chi connectivity index (χ1v) is 6.80. The molecule has 76 valence electrons. The summed E-state index contributed by atoms with van der Waals surface area (Å²) in [5, 5.41) is 0. The van der Waals surface area contributed by atoms with Gasteiger partial charge in [0.25, 0.3) is 0 Å². The monoisotopic (exact) mass is 200 g/mol. The Bertz CT molecular complexity index is 139. The van der Waals surface area contributed by atoms with Gasteiger partial charge >= 0.3 is 8.56 Å². The maximum atomic E-state index is 5.51. The first-order valence-electron chi connectivity index (χ1n) is 4.56. The van der Waals surface area contributed by atoms with E-state index in [1.807, 2.05) is 12.2 Å². The Morgan fingerprint density at radius 3 is 1.62 bits per heavy atom. The Kier molecular flexibility index (Phi) is 6.85. The summed E-state index contributed by atoms with van der Waals surface area (Å²) in [4.78, 5) is 0. The van der Waals surface area contributed by atoms with E-state index in [1.54, 1.807) is 14.2 Å². The highest BCUT2D eigenvalue weighted by atomic mass is 28.4. The summed E-state index contributed by atoms with van der Waals surface area (Å²) < 4.78 is 11.0. The molecule has 0 saturated carbocycles. The van der Waals surface area contributed by atoms with Crippen LogP contribution in [0.2, 0.25) is 12.1 Å². The lowest BCUT2D eigenvalue weighted by Gasteiger charge is -2.26. The van der Waals surface area contributed by atoms with Crippen molar-refractivity contribution < 1.29 is 8.85 Å². The van der Waals surface area contributed by atoms with Gasteiger partial charge in [0.2, 0.25) is 0 Å². The molecule has 0 aromatic carbocycles. The van der Waals surface area contributed by atoms with Crippen LogP contribution in [-0.2, 0) is 8.85 Å². The fraction of sp³-hybridized carbons (Fsp3) is 0.600. The van der Waals surface area contributed by atoms with Gasteiger partial charge < -0.3 is 8.85 Å². The summed E-state index contributed by atoms with van der Waals surface area (Å²) in [7, 11) is 1.55. The average molecular weight is 200 g/mol. The van der Waals surface area contributed by atoms with Gasteiger partial charge in [0.15, 0.2) is 0 Å². The molecular weight excluding hydrogens is 180 g/mol. The third-order valence-corrected chi connectivity index (χ3v) is 5.79. The van der Waals surface area contributed by atoms with E-state index in [0.717, 1.165) is 24.9 Å². The summed E-state index contributed by atoms with van der Waals surface area (Å²) in [6.45, 7) is 7.41. The third-order valence-electron chi connectivity index (χ3n) is 2.20. The van der Waals surface area contributed by atoms with Crippen LogP contribution in [0.3, 0.4) is 0 Å². The van der Waals surface area contributed by atoms with E-state index in [4.69, 9.17) is 8.85 Å². The molecule has 0 aromatic heterocycles. The largest absolute Gasteiger partial charge is 0.398 e.